The lowest BCUT2D eigenvalue weighted by molar-refractivity contribution is 0.0702. The molecule has 0 unspecified atom stereocenters. The van der Waals surface area contributed by atoms with E-state index in [0.29, 0.717) is 6.04 Å². The van der Waals surface area contributed by atoms with Crippen LogP contribution in [0.15, 0.2) is 24.3 Å². The largest absolute Gasteiger partial charge is 0.339 e. The first-order valence-corrected chi connectivity index (χ1v) is 6.23. The van der Waals surface area contributed by atoms with Crippen LogP contribution in [0.4, 0.5) is 0 Å². The van der Waals surface area contributed by atoms with Crippen molar-refractivity contribution in [3.8, 4) is 0 Å². The van der Waals surface area contributed by atoms with Gasteiger partial charge in [0.05, 0.1) is 0 Å². The van der Waals surface area contributed by atoms with Crippen LogP contribution in [0, 0.1) is 6.92 Å². The number of hydrogen-bond donors (Lipinski definition) is 1. The van der Waals surface area contributed by atoms with Crippen molar-refractivity contribution in [1.82, 2.24) is 10.2 Å². The maximum atomic E-state index is 12.4. The summed E-state index contributed by atoms with van der Waals surface area (Å²) in [6.45, 7) is 4.01. The van der Waals surface area contributed by atoms with Gasteiger partial charge in [0.2, 0.25) is 0 Å². The molecule has 1 amide bonds. The summed E-state index contributed by atoms with van der Waals surface area (Å²) in [6, 6.07) is 8.18. The van der Waals surface area contributed by atoms with E-state index in [2.05, 4.69) is 5.32 Å². The van der Waals surface area contributed by atoms with E-state index in [0.717, 1.165) is 37.1 Å². The van der Waals surface area contributed by atoms with Crippen LogP contribution in [0.2, 0.25) is 0 Å². The van der Waals surface area contributed by atoms with Crippen molar-refractivity contribution < 1.29 is 4.79 Å². The highest BCUT2D eigenvalue weighted by atomic mass is 16.2. The number of aryl methyl sites for hydroxylation is 1. The first-order chi connectivity index (χ1) is 8.20. The first-order valence-electron chi connectivity index (χ1n) is 6.23. The Balaban J connectivity index is 2.11. The second-order valence-corrected chi connectivity index (χ2v) is 4.71. The molecule has 0 saturated carbocycles. The molecule has 1 aliphatic rings. The number of benzene rings is 1. The van der Waals surface area contributed by atoms with Crippen LogP contribution in [-0.4, -0.2) is 37.0 Å². The third-order valence-corrected chi connectivity index (χ3v) is 3.55. The van der Waals surface area contributed by atoms with E-state index < -0.39 is 0 Å². The summed E-state index contributed by atoms with van der Waals surface area (Å²) in [5.74, 6) is 0.148. The van der Waals surface area contributed by atoms with E-state index in [1.807, 2.05) is 43.1 Å². The molecule has 1 N–H and O–H groups in total. The second kappa shape index (κ2) is 5.32. The van der Waals surface area contributed by atoms with Crippen molar-refractivity contribution in [1.29, 1.82) is 0 Å². The van der Waals surface area contributed by atoms with Gasteiger partial charge in [-0.1, -0.05) is 18.2 Å². The maximum Gasteiger partial charge on any atom is 0.254 e. The Bertz CT molecular complexity index is 397. The van der Waals surface area contributed by atoms with Crippen LogP contribution in [0.5, 0.6) is 0 Å². The molecular formula is C14H20N2O. The van der Waals surface area contributed by atoms with E-state index >= 15 is 0 Å². The number of rotatable bonds is 2. The standard InChI is InChI=1S/C14H20N2O/c1-11-5-3-4-6-13(11)14(17)16(2)12-7-9-15-10-8-12/h3-6,12,15H,7-10H2,1-2H3. The lowest BCUT2D eigenvalue weighted by atomic mass is 10.0. The Labute approximate surface area is 103 Å². The molecular weight excluding hydrogens is 212 g/mol. The van der Waals surface area contributed by atoms with Crippen molar-refractivity contribution in [3.05, 3.63) is 35.4 Å². The molecule has 0 aromatic heterocycles. The number of carbonyl (C=O) groups is 1. The van der Waals surface area contributed by atoms with Crippen LogP contribution in [-0.2, 0) is 0 Å². The summed E-state index contributed by atoms with van der Waals surface area (Å²) in [5, 5.41) is 3.32. The molecule has 1 saturated heterocycles. The molecule has 2 rings (SSSR count). The Morgan fingerprint density at radius 3 is 2.59 bits per heavy atom. The first kappa shape index (κ1) is 12.1. The highest BCUT2D eigenvalue weighted by Crippen LogP contribution is 2.15. The van der Waals surface area contributed by atoms with Crippen LogP contribution >= 0.6 is 0 Å². The highest BCUT2D eigenvalue weighted by Gasteiger charge is 2.23. The van der Waals surface area contributed by atoms with Gasteiger partial charge in [-0.25, -0.2) is 0 Å². The lowest BCUT2D eigenvalue weighted by Gasteiger charge is -2.32. The number of carbonyl (C=O) groups excluding carboxylic acids is 1. The molecule has 1 aromatic carbocycles. The Kier molecular flexibility index (Phi) is 3.79. The predicted molar refractivity (Wildman–Crippen MR) is 69.2 cm³/mol. The summed E-state index contributed by atoms with van der Waals surface area (Å²) in [7, 11) is 1.92. The molecule has 92 valence electrons. The fraction of sp³-hybridized carbons (Fsp3) is 0.500. The number of piperidine rings is 1. The monoisotopic (exact) mass is 232 g/mol. The van der Waals surface area contributed by atoms with Crippen molar-refractivity contribution in [3.63, 3.8) is 0 Å². The summed E-state index contributed by atoms with van der Waals surface area (Å²) in [5.41, 5.74) is 1.88. The van der Waals surface area contributed by atoms with Crippen molar-refractivity contribution in [2.24, 2.45) is 0 Å². The molecule has 0 spiro atoms. The minimum absolute atomic E-state index is 0.148. The van der Waals surface area contributed by atoms with E-state index in [-0.39, 0.29) is 5.91 Å². The van der Waals surface area contributed by atoms with Gasteiger partial charge < -0.3 is 10.2 Å². The Morgan fingerprint density at radius 2 is 1.94 bits per heavy atom. The number of nitrogens with zero attached hydrogens (tertiary/aromatic N) is 1. The second-order valence-electron chi connectivity index (χ2n) is 4.71. The predicted octanol–water partition coefficient (Wildman–Crippen LogP) is 1.82. The highest BCUT2D eigenvalue weighted by molar-refractivity contribution is 5.95. The third-order valence-electron chi connectivity index (χ3n) is 3.55. The maximum absolute atomic E-state index is 12.4. The van der Waals surface area contributed by atoms with Crippen molar-refractivity contribution >= 4 is 5.91 Å². The van der Waals surface area contributed by atoms with Crippen LogP contribution < -0.4 is 5.32 Å². The van der Waals surface area contributed by atoms with Gasteiger partial charge >= 0.3 is 0 Å². The lowest BCUT2D eigenvalue weighted by Crippen LogP contribution is -2.44. The van der Waals surface area contributed by atoms with Gasteiger partial charge in [0.15, 0.2) is 0 Å². The number of amides is 1. The summed E-state index contributed by atoms with van der Waals surface area (Å²) < 4.78 is 0. The number of nitrogens with one attached hydrogen (secondary N) is 1. The summed E-state index contributed by atoms with van der Waals surface area (Å²) >= 11 is 0. The average Bonchev–Trinajstić information content (AvgIpc) is 2.39. The number of hydrogen-bond acceptors (Lipinski definition) is 2. The minimum Gasteiger partial charge on any atom is -0.339 e. The van der Waals surface area contributed by atoms with E-state index in [4.69, 9.17) is 0 Å². The summed E-state index contributed by atoms with van der Waals surface area (Å²) in [4.78, 5) is 14.3. The zero-order chi connectivity index (χ0) is 12.3. The quantitative estimate of drug-likeness (QED) is 0.843. The van der Waals surface area contributed by atoms with Gasteiger partial charge in [-0.3, -0.25) is 4.79 Å². The average molecular weight is 232 g/mol. The summed E-state index contributed by atoms with van der Waals surface area (Å²) in [6.07, 6.45) is 2.10. The third kappa shape index (κ3) is 2.67. The Morgan fingerprint density at radius 1 is 1.29 bits per heavy atom. The fourth-order valence-electron chi connectivity index (χ4n) is 2.36. The van der Waals surface area contributed by atoms with Crippen LogP contribution in [0.25, 0.3) is 0 Å². The smallest absolute Gasteiger partial charge is 0.254 e. The van der Waals surface area contributed by atoms with Crippen LogP contribution in [0.1, 0.15) is 28.8 Å². The molecule has 1 aliphatic heterocycles. The molecule has 0 bridgehead atoms. The van der Waals surface area contributed by atoms with Gasteiger partial charge in [0.25, 0.3) is 5.91 Å². The van der Waals surface area contributed by atoms with Gasteiger partial charge in [0, 0.05) is 18.7 Å². The molecule has 3 heteroatoms. The molecule has 0 aliphatic carbocycles. The van der Waals surface area contributed by atoms with Crippen molar-refractivity contribution in [2.75, 3.05) is 20.1 Å². The zero-order valence-electron chi connectivity index (χ0n) is 10.6. The Hall–Kier alpha value is -1.35. The van der Waals surface area contributed by atoms with E-state index in [1.165, 1.54) is 0 Å². The molecule has 0 atom stereocenters. The van der Waals surface area contributed by atoms with Gasteiger partial charge in [-0.05, 0) is 44.5 Å². The molecule has 3 nitrogen and oxygen atoms in total. The molecule has 1 aromatic rings. The fourth-order valence-corrected chi connectivity index (χ4v) is 2.36. The SMILES string of the molecule is Cc1ccccc1C(=O)N(C)C1CCNCC1. The normalized spacial score (nSPS) is 16.8. The molecule has 1 heterocycles. The topological polar surface area (TPSA) is 32.3 Å². The van der Waals surface area contributed by atoms with Gasteiger partial charge in [-0.2, -0.15) is 0 Å². The molecule has 1 fully saturated rings. The molecule has 0 radical (unpaired) electrons. The zero-order valence-corrected chi connectivity index (χ0v) is 10.6. The van der Waals surface area contributed by atoms with E-state index in [1.54, 1.807) is 0 Å². The van der Waals surface area contributed by atoms with Crippen molar-refractivity contribution in [2.45, 2.75) is 25.8 Å². The molecule has 17 heavy (non-hydrogen) atoms. The minimum atomic E-state index is 0.148. The van der Waals surface area contributed by atoms with Gasteiger partial charge in [0.1, 0.15) is 0 Å². The van der Waals surface area contributed by atoms with Gasteiger partial charge in [-0.15, -0.1) is 0 Å². The van der Waals surface area contributed by atoms with E-state index in [9.17, 15) is 4.79 Å². The van der Waals surface area contributed by atoms with Crippen LogP contribution in [0.3, 0.4) is 0 Å².